The Morgan fingerprint density at radius 2 is 1.05 bits per heavy atom. The van der Waals surface area contributed by atoms with E-state index in [1.165, 1.54) is 0 Å². The summed E-state index contributed by atoms with van der Waals surface area (Å²) in [4.78, 5) is 24.2. The molecule has 0 amide bonds. The monoisotopic (exact) mass is 268 g/mol. The van der Waals surface area contributed by atoms with Gasteiger partial charge in [0.2, 0.25) is 11.6 Å². The molecular weight excluding hydrogens is 256 g/mol. The van der Waals surface area contributed by atoms with Crippen molar-refractivity contribution in [1.29, 1.82) is 0 Å². The van der Waals surface area contributed by atoms with Gasteiger partial charge in [0, 0.05) is 11.1 Å². The zero-order valence-electron chi connectivity index (χ0n) is 11.1. The maximum absolute atomic E-state index is 12.1. The zero-order chi connectivity index (χ0) is 14.3. The molecule has 0 saturated carbocycles. The van der Waals surface area contributed by atoms with E-state index in [4.69, 9.17) is 9.47 Å². The molecule has 4 nitrogen and oxygen atoms in total. The van der Waals surface area contributed by atoms with Crippen LogP contribution in [-0.4, -0.2) is 25.8 Å². The molecular formula is C16H12O4. The van der Waals surface area contributed by atoms with Gasteiger partial charge in [-0.25, -0.2) is 0 Å². The fraction of sp³-hybridized carbons (Fsp3) is 0.125. The second-order valence-electron chi connectivity index (χ2n) is 4.48. The van der Waals surface area contributed by atoms with Crippen molar-refractivity contribution in [2.45, 2.75) is 0 Å². The van der Waals surface area contributed by atoms with E-state index >= 15 is 0 Å². The smallest absolute Gasteiger partial charge is 0.234 e. The van der Waals surface area contributed by atoms with Crippen LogP contribution in [0.2, 0.25) is 0 Å². The Balaban J connectivity index is 2.32. The molecule has 100 valence electrons. The zero-order valence-corrected chi connectivity index (χ0v) is 11.1. The maximum atomic E-state index is 12.1. The van der Waals surface area contributed by atoms with Gasteiger partial charge in [0.1, 0.15) is 11.5 Å². The number of rotatable bonds is 2. The summed E-state index contributed by atoms with van der Waals surface area (Å²) in [6, 6.07) is 10.1. The summed E-state index contributed by atoms with van der Waals surface area (Å²) in [7, 11) is 3.12. The van der Waals surface area contributed by atoms with E-state index in [9.17, 15) is 9.59 Å². The Labute approximate surface area is 115 Å². The molecule has 0 unspecified atom stereocenters. The van der Waals surface area contributed by atoms with Crippen LogP contribution in [0.4, 0.5) is 0 Å². The highest BCUT2D eigenvalue weighted by atomic mass is 16.5. The second kappa shape index (κ2) is 4.49. The van der Waals surface area contributed by atoms with Gasteiger partial charge < -0.3 is 9.47 Å². The summed E-state index contributed by atoms with van der Waals surface area (Å²) in [5.74, 6) is 0.306. The summed E-state index contributed by atoms with van der Waals surface area (Å²) in [6.45, 7) is 0. The molecule has 0 saturated heterocycles. The summed E-state index contributed by atoms with van der Waals surface area (Å²) in [5.41, 5.74) is 2.19. The highest BCUT2D eigenvalue weighted by molar-refractivity contribution is 6.53. The maximum Gasteiger partial charge on any atom is 0.234 e. The summed E-state index contributed by atoms with van der Waals surface area (Å²) >= 11 is 0. The van der Waals surface area contributed by atoms with Crippen LogP contribution < -0.4 is 9.47 Å². The molecule has 1 aliphatic carbocycles. The lowest BCUT2D eigenvalue weighted by molar-refractivity contribution is 0.0815. The van der Waals surface area contributed by atoms with E-state index < -0.39 is 11.6 Å². The van der Waals surface area contributed by atoms with E-state index in [0.29, 0.717) is 33.8 Å². The lowest BCUT2D eigenvalue weighted by Crippen LogP contribution is -2.21. The first kappa shape index (κ1) is 12.4. The van der Waals surface area contributed by atoms with Gasteiger partial charge >= 0.3 is 0 Å². The van der Waals surface area contributed by atoms with Gasteiger partial charge in [-0.1, -0.05) is 0 Å². The number of carbonyl (C=O) groups excluding carboxylic acids is 2. The molecule has 0 atom stereocenters. The van der Waals surface area contributed by atoms with E-state index in [1.54, 1.807) is 50.6 Å². The number of carbonyl (C=O) groups is 2. The van der Waals surface area contributed by atoms with Crippen LogP contribution in [0, 0.1) is 0 Å². The third kappa shape index (κ3) is 1.69. The predicted molar refractivity (Wildman–Crippen MR) is 73.6 cm³/mol. The van der Waals surface area contributed by atoms with E-state index in [2.05, 4.69) is 0 Å². The van der Waals surface area contributed by atoms with Crippen molar-refractivity contribution in [3.63, 3.8) is 0 Å². The van der Waals surface area contributed by atoms with Crippen molar-refractivity contribution in [2.75, 3.05) is 14.2 Å². The Morgan fingerprint density at radius 3 is 1.40 bits per heavy atom. The normalized spacial score (nSPS) is 12.7. The summed E-state index contributed by atoms with van der Waals surface area (Å²) in [5, 5.41) is 0. The SMILES string of the molecule is COc1ccc2c(c1)-c1cc(OC)ccc1C(=O)C2=O. The second-order valence-corrected chi connectivity index (χ2v) is 4.48. The van der Waals surface area contributed by atoms with E-state index in [0.717, 1.165) is 0 Å². The van der Waals surface area contributed by atoms with Gasteiger partial charge in [-0.3, -0.25) is 9.59 Å². The van der Waals surface area contributed by atoms with E-state index in [-0.39, 0.29) is 0 Å². The molecule has 0 radical (unpaired) electrons. The third-order valence-corrected chi connectivity index (χ3v) is 3.44. The number of hydrogen-bond donors (Lipinski definition) is 0. The molecule has 2 aromatic rings. The van der Waals surface area contributed by atoms with Gasteiger partial charge in [0.25, 0.3) is 0 Å². The number of benzene rings is 2. The lowest BCUT2D eigenvalue weighted by atomic mass is 9.84. The molecule has 0 heterocycles. The standard InChI is InChI=1S/C16H12O4/c1-19-9-3-5-11-13(7-9)14-8-10(20-2)4-6-12(14)16(18)15(11)17/h3-8H,1-2H3. The Hall–Kier alpha value is -2.62. The highest BCUT2D eigenvalue weighted by Crippen LogP contribution is 2.37. The number of fused-ring (bicyclic) bond motifs is 3. The number of hydrogen-bond acceptors (Lipinski definition) is 4. The molecule has 4 heteroatoms. The minimum absolute atomic E-state index is 0.400. The van der Waals surface area contributed by atoms with Gasteiger partial charge in [-0.15, -0.1) is 0 Å². The largest absolute Gasteiger partial charge is 0.497 e. The minimum Gasteiger partial charge on any atom is -0.497 e. The van der Waals surface area contributed by atoms with Crippen LogP contribution in [0.1, 0.15) is 20.7 Å². The first-order chi connectivity index (χ1) is 9.65. The number of ketones is 2. The average molecular weight is 268 g/mol. The predicted octanol–water partition coefficient (Wildman–Crippen LogP) is 2.75. The van der Waals surface area contributed by atoms with Crippen LogP contribution in [0.5, 0.6) is 11.5 Å². The Bertz CT molecular complexity index is 668. The molecule has 0 aromatic heterocycles. The van der Waals surface area contributed by atoms with E-state index in [1.807, 2.05) is 0 Å². The van der Waals surface area contributed by atoms with Crippen molar-refractivity contribution in [3.8, 4) is 22.6 Å². The van der Waals surface area contributed by atoms with Gasteiger partial charge in [-0.2, -0.15) is 0 Å². The Morgan fingerprint density at radius 1 is 0.650 bits per heavy atom. The molecule has 20 heavy (non-hydrogen) atoms. The van der Waals surface area contributed by atoms with Crippen LogP contribution >= 0.6 is 0 Å². The first-order valence-electron chi connectivity index (χ1n) is 6.11. The number of Topliss-reactive ketones (excluding diaryl/α,β-unsaturated/α-hetero) is 2. The molecule has 0 N–H and O–H groups in total. The molecule has 0 aliphatic heterocycles. The summed E-state index contributed by atoms with van der Waals surface area (Å²) < 4.78 is 10.4. The fourth-order valence-corrected chi connectivity index (χ4v) is 2.39. The van der Waals surface area contributed by atoms with Gasteiger partial charge in [-0.05, 0) is 47.5 Å². The molecule has 0 fully saturated rings. The lowest BCUT2D eigenvalue weighted by Gasteiger charge is -2.19. The van der Waals surface area contributed by atoms with Crippen molar-refractivity contribution < 1.29 is 19.1 Å². The highest BCUT2D eigenvalue weighted by Gasteiger charge is 2.30. The van der Waals surface area contributed by atoms with Crippen LogP contribution in [0.3, 0.4) is 0 Å². The molecule has 0 bridgehead atoms. The van der Waals surface area contributed by atoms with Crippen LogP contribution in [-0.2, 0) is 0 Å². The van der Waals surface area contributed by atoms with Gasteiger partial charge in [0.05, 0.1) is 14.2 Å². The molecule has 3 rings (SSSR count). The van der Waals surface area contributed by atoms with Crippen molar-refractivity contribution in [2.24, 2.45) is 0 Å². The molecule has 0 spiro atoms. The Kier molecular flexibility index (Phi) is 2.79. The molecule has 1 aliphatic rings. The molecule has 2 aromatic carbocycles. The number of ether oxygens (including phenoxy) is 2. The average Bonchev–Trinajstić information content (AvgIpc) is 2.51. The third-order valence-electron chi connectivity index (χ3n) is 3.44. The van der Waals surface area contributed by atoms with Gasteiger partial charge in [0.15, 0.2) is 0 Å². The van der Waals surface area contributed by atoms with Crippen LogP contribution in [0.25, 0.3) is 11.1 Å². The quantitative estimate of drug-likeness (QED) is 0.786. The topological polar surface area (TPSA) is 52.6 Å². The fourth-order valence-electron chi connectivity index (χ4n) is 2.39. The van der Waals surface area contributed by atoms with Crippen molar-refractivity contribution in [3.05, 3.63) is 47.5 Å². The number of methoxy groups -OCH3 is 2. The van der Waals surface area contributed by atoms with Crippen molar-refractivity contribution in [1.82, 2.24) is 0 Å². The van der Waals surface area contributed by atoms with Crippen LogP contribution in [0.15, 0.2) is 36.4 Å². The summed E-state index contributed by atoms with van der Waals surface area (Å²) in [6.07, 6.45) is 0. The van der Waals surface area contributed by atoms with Crippen molar-refractivity contribution >= 4 is 11.6 Å². The minimum atomic E-state index is -0.486. The first-order valence-corrected chi connectivity index (χ1v) is 6.11.